The van der Waals surface area contributed by atoms with Crippen LogP contribution in [0.5, 0.6) is 5.75 Å². The van der Waals surface area contributed by atoms with E-state index < -0.39 is 0 Å². The lowest BCUT2D eigenvalue weighted by atomic mass is 10.1. The largest absolute Gasteiger partial charge is 0.492 e. The van der Waals surface area contributed by atoms with Crippen LogP contribution in [0.25, 0.3) is 0 Å². The van der Waals surface area contributed by atoms with Crippen molar-refractivity contribution in [2.45, 2.75) is 19.4 Å². The van der Waals surface area contributed by atoms with Gasteiger partial charge in [-0.3, -0.25) is 9.69 Å². The van der Waals surface area contributed by atoms with Crippen molar-refractivity contribution in [2.75, 3.05) is 38.2 Å². The fraction of sp³-hybridized carbons (Fsp3) is 0.381. The minimum absolute atomic E-state index is 0.0330. The number of carbonyl (C=O) groups excluding carboxylic acids is 1. The van der Waals surface area contributed by atoms with Crippen LogP contribution in [0.4, 0.5) is 5.69 Å². The molecule has 0 unspecified atom stereocenters. The van der Waals surface area contributed by atoms with Crippen molar-refractivity contribution in [3.63, 3.8) is 0 Å². The highest BCUT2D eigenvalue weighted by atomic mass is 35.5. The monoisotopic (exact) mass is 422 g/mol. The van der Waals surface area contributed by atoms with Gasteiger partial charge in [-0.25, -0.2) is 0 Å². The molecule has 1 aliphatic rings. The third kappa shape index (κ3) is 6.67. The van der Waals surface area contributed by atoms with E-state index in [4.69, 9.17) is 32.7 Å². The third-order valence-electron chi connectivity index (χ3n) is 4.42. The lowest BCUT2D eigenvalue weighted by Crippen LogP contribution is -2.35. The molecule has 1 N–H and O–H groups in total. The molecule has 5 nitrogen and oxygen atoms in total. The van der Waals surface area contributed by atoms with Crippen LogP contribution in [-0.4, -0.2) is 43.7 Å². The van der Waals surface area contributed by atoms with Gasteiger partial charge in [-0.2, -0.15) is 0 Å². The quantitative estimate of drug-likeness (QED) is 0.630. The highest BCUT2D eigenvalue weighted by Crippen LogP contribution is 2.27. The van der Waals surface area contributed by atoms with Gasteiger partial charge in [-0.05, 0) is 42.3 Å². The molecular weight excluding hydrogens is 399 g/mol. The predicted molar refractivity (Wildman–Crippen MR) is 112 cm³/mol. The number of nitrogens with one attached hydrogen (secondary N) is 1. The summed E-state index contributed by atoms with van der Waals surface area (Å²) in [4.78, 5) is 14.6. The maximum Gasteiger partial charge on any atom is 0.224 e. The van der Waals surface area contributed by atoms with E-state index in [1.807, 2.05) is 18.2 Å². The van der Waals surface area contributed by atoms with Gasteiger partial charge in [-0.15, -0.1) is 0 Å². The first-order valence-electron chi connectivity index (χ1n) is 9.37. The summed E-state index contributed by atoms with van der Waals surface area (Å²) < 4.78 is 11.0. The molecule has 3 rings (SSSR count). The van der Waals surface area contributed by atoms with Gasteiger partial charge < -0.3 is 14.8 Å². The smallest absolute Gasteiger partial charge is 0.224 e. The van der Waals surface area contributed by atoms with Crippen LogP contribution < -0.4 is 10.1 Å². The molecule has 1 fully saturated rings. The summed E-state index contributed by atoms with van der Waals surface area (Å²) in [6.07, 6.45) is 0.969. The molecule has 0 bridgehead atoms. The summed E-state index contributed by atoms with van der Waals surface area (Å²) >= 11 is 11.9. The van der Waals surface area contributed by atoms with Gasteiger partial charge in [0.15, 0.2) is 0 Å². The van der Waals surface area contributed by atoms with Crippen molar-refractivity contribution in [3.05, 3.63) is 58.1 Å². The number of carbonyl (C=O) groups is 1. The van der Waals surface area contributed by atoms with Crippen LogP contribution in [0.15, 0.2) is 42.5 Å². The highest BCUT2D eigenvalue weighted by molar-refractivity contribution is 6.35. The van der Waals surface area contributed by atoms with E-state index >= 15 is 0 Å². The topological polar surface area (TPSA) is 50.8 Å². The lowest BCUT2D eigenvalue weighted by Gasteiger charge is -2.26. The zero-order valence-electron chi connectivity index (χ0n) is 15.6. The Morgan fingerprint density at radius 1 is 1.14 bits per heavy atom. The van der Waals surface area contributed by atoms with E-state index in [0.29, 0.717) is 35.2 Å². The van der Waals surface area contributed by atoms with Crippen LogP contribution in [-0.2, 0) is 16.1 Å². The summed E-state index contributed by atoms with van der Waals surface area (Å²) in [6.45, 7) is 4.70. The number of amides is 1. The Morgan fingerprint density at radius 2 is 1.96 bits per heavy atom. The number of halogens is 2. The minimum Gasteiger partial charge on any atom is -0.492 e. The Bertz CT molecular complexity index is 795. The number of nitrogens with zero attached hydrogens (tertiary/aromatic N) is 1. The van der Waals surface area contributed by atoms with Crippen LogP contribution in [0, 0.1) is 0 Å². The van der Waals surface area contributed by atoms with Crippen molar-refractivity contribution in [1.82, 2.24) is 4.90 Å². The molecular formula is C21H24Cl2N2O3. The summed E-state index contributed by atoms with van der Waals surface area (Å²) in [5.74, 6) is 0.539. The summed E-state index contributed by atoms with van der Waals surface area (Å²) in [5.41, 5.74) is 2.00. The molecule has 1 saturated heterocycles. The molecule has 1 amide bonds. The molecule has 0 saturated carbocycles. The fourth-order valence-corrected chi connectivity index (χ4v) is 3.46. The van der Waals surface area contributed by atoms with Crippen molar-refractivity contribution < 1.29 is 14.3 Å². The lowest BCUT2D eigenvalue weighted by molar-refractivity contribution is -0.116. The Hall–Kier alpha value is -1.79. The maximum absolute atomic E-state index is 12.2. The zero-order valence-corrected chi connectivity index (χ0v) is 17.1. The Balaban J connectivity index is 1.41. The van der Waals surface area contributed by atoms with Crippen molar-refractivity contribution >= 4 is 34.8 Å². The average Bonchev–Trinajstić information content (AvgIpc) is 2.68. The molecule has 1 heterocycles. The summed E-state index contributed by atoms with van der Waals surface area (Å²) in [5, 5.41) is 3.99. The highest BCUT2D eigenvalue weighted by Gasteiger charge is 2.11. The second kappa shape index (κ2) is 10.7. The maximum atomic E-state index is 12.2. The average molecular weight is 423 g/mol. The number of anilines is 1. The third-order valence-corrected chi connectivity index (χ3v) is 4.95. The molecule has 0 aromatic heterocycles. The second-order valence-electron chi connectivity index (χ2n) is 6.66. The fourth-order valence-electron chi connectivity index (χ4n) is 3.00. The van der Waals surface area contributed by atoms with E-state index in [1.54, 1.807) is 18.2 Å². The Kier molecular flexibility index (Phi) is 7.98. The van der Waals surface area contributed by atoms with Gasteiger partial charge in [0.25, 0.3) is 0 Å². The number of hydrogen-bond donors (Lipinski definition) is 1. The molecule has 28 heavy (non-hydrogen) atoms. The van der Waals surface area contributed by atoms with E-state index in [2.05, 4.69) is 16.3 Å². The number of ether oxygens (including phenoxy) is 2. The van der Waals surface area contributed by atoms with Gasteiger partial charge in [0.1, 0.15) is 5.75 Å². The van der Waals surface area contributed by atoms with E-state index in [0.717, 1.165) is 38.5 Å². The zero-order chi connectivity index (χ0) is 19.8. The number of rotatable bonds is 8. The minimum atomic E-state index is -0.0330. The molecule has 7 heteroatoms. The first-order valence-corrected chi connectivity index (χ1v) is 10.1. The SMILES string of the molecule is O=C(CCCOc1ccc(Cl)cc1Cl)Nc1cccc(CN2CCOCC2)c1. The van der Waals surface area contributed by atoms with Crippen LogP contribution in [0.3, 0.4) is 0 Å². The van der Waals surface area contributed by atoms with Gasteiger partial charge in [0.05, 0.1) is 24.8 Å². The van der Waals surface area contributed by atoms with Crippen LogP contribution in [0.2, 0.25) is 10.0 Å². The first kappa shape index (κ1) is 20.9. The van der Waals surface area contributed by atoms with Gasteiger partial charge in [-0.1, -0.05) is 35.3 Å². The van der Waals surface area contributed by atoms with E-state index in [9.17, 15) is 4.79 Å². The molecule has 0 atom stereocenters. The van der Waals surface area contributed by atoms with E-state index in [-0.39, 0.29) is 5.91 Å². The molecule has 0 aliphatic carbocycles. The van der Waals surface area contributed by atoms with Crippen molar-refractivity contribution in [2.24, 2.45) is 0 Å². The van der Waals surface area contributed by atoms with Crippen molar-refractivity contribution in [3.8, 4) is 5.75 Å². The first-order chi connectivity index (χ1) is 13.6. The molecule has 0 radical (unpaired) electrons. The summed E-state index contributed by atoms with van der Waals surface area (Å²) in [6, 6.07) is 13.1. The molecule has 2 aromatic rings. The number of hydrogen-bond acceptors (Lipinski definition) is 4. The van der Waals surface area contributed by atoms with Crippen LogP contribution >= 0.6 is 23.2 Å². The summed E-state index contributed by atoms with van der Waals surface area (Å²) in [7, 11) is 0. The van der Waals surface area contributed by atoms with E-state index in [1.165, 1.54) is 5.56 Å². The van der Waals surface area contributed by atoms with Crippen molar-refractivity contribution in [1.29, 1.82) is 0 Å². The standard InChI is InChI=1S/C21H24Cl2N2O3/c22-17-6-7-20(19(23)14-17)28-10-2-5-21(26)24-18-4-1-3-16(13-18)15-25-8-11-27-12-9-25/h1,3-4,6-7,13-14H,2,5,8-12,15H2,(H,24,26). The predicted octanol–water partition coefficient (Wildman–Crippen LogP) is 4.62. The van der Waals surface area contributed by atoms with Gasteiger partial charge in [0.2, 0.25) is 5.91 Å². The number of morpholine rings is 1. The number of benzene rings is 2. The second-order valence-corrected chi connectivity index (χ2v) is 7.51. The Morgan fingerprint density at radius 3 is 2.75 bits per heavy atom. The molecule has 0 spiro atoms. The molecule has 2 aromatic carbocycles. The molecule has 150 valence electrons. The van der Waals surface area contributed by atoms with Gasteiger partial charge in [0, 0.05) is 36.8 Å². The van der Waals surface area contributed by atoms with Gasteiger partial charge >= 0.3 is 0 Å². The Labute approximate surface area is 175 Å². The normalized spacial score (nSPS) is 14.6. The van der Waals surface area contributed by atoms with Crippen LogP contribution in [0.1, 0.15) is 18.4 Å². The molecule has 1 aliphatic heterocycles.